The van der Waals surface area contributed by atoms with E-state index in [1.807, 2.05) is 30.3 Å². The van der Waals surface area contributed by atoms with Crippen molar-refractivity contribution in [1.29, 1.82) is 0 Å². The molecule has 1 aliphatic rings. The third-order valence-corrected chi connectivity index (χ3v) is 6.72. The number of likely N-dealkylation sites (tertiary alicyclic amines) is 1. The highest BCUT2D eigenvalue weighted by Gasteiger charge is 2.38. The van der Waals surface area contributed by atoms with Gasteiger partial charge in [0.15, 0.2) is 0 Å². The number of carbonyl (C=O) groups is 4. The number of piperidine rings is 1. The van der Waals surface area contributed by atoms with Gasteiger partial charge in [0.1, 0.15) is 0 Å². The number of nitrogens with zero attached hydrogens (tertiary/aromatic N) is 1. The lowest BCUT2D eigenvalue weighted by Crippen LogP contribution is -2.47. The fourth-order valence-electron chi connectivity index (χ4n) is 2.71. The molecule has 1 aliphatic heterocycles. The molecule has 3 amide bonds. The van der Waals surface area contributed by atoms with E-state index < -0.39 is 18.1 Å². The molecule has 0 aliphatic carbocycles. The van der Waals surface area contributed by atoms with Crippen molar-refractivity contribution in [2.24, 2.45) is 5.92 Å². The molecule has 0 spiro atoms. The molecule has 34 heavy (non-hydrogen) atoms. The van der Waals surface area contributed by atoms with E-state index in [1.165, 1.54) is 10.8 Å². The standard InChI is InChI=1S/C18H25N3O4S2.C2HF3O2/c22-16(23)8-11-26-27-12-9-19-17(24)14-5-4-10-21(13-14)18(25)20-15-6-2-1-3-7-15;3-2(4,5)1(6)7/h1-3,6-7,14H,4-5,8-13H2,(H,19,24)(H,20,25)(H,22,23);(H,6,7). The predicted octanol–water partition coefficient (Wildman–Crippen LogP) is 3.54. The largest absolute Gasteiger partial charge is 0.490 e. The molecule has 2 rings (SSSR count). The van der Waals surface area contributed by atoms with Crippen LogP contribution in [0.4, 0.5) is 23.7 Å². The topological polar surface area (TPSA) is 136 Å². The number of carboxylic acids is 2. The van der Waals surface area contributed by atoms with E-state index in [1.54, 1.807) is 15.7 Å². The average Bonchev–Trinajstić information content (AvgIpc) is 2.78. The van der Waals surface area contributed by atoms with E-state index in [0.29, 0.717) is 25.4 Å². The Hall–Kier alpha value is -2.61. The minimum Gasteiger partial charge on any atom is -0.481 e. The first-order valence-electron chi connectivity index (χ1n) is 10.2. The lowest BCUT2D eigenvalue weighted by molar-refractivity contribution is -0.192. The van der Waals surface area contributed by atoms with Crippen LogP contribution < -0.4 is 10.6 Å². The quantitative estimate of drug-likeness (QED) is 0.284. The van der Waals surface area contributed by atoms with Gasteiger partial charge >= 0.3 is 24.1 Å². The summed E-state index contributed by atoms with van der Waals surface area (Å²) in [7, 11) is 3.05. The summed E-state index contributed by atoms with van der Waals surface area (Å²) in [6.45, 7) is 1.61. The maximum Gasteiger partial charge on any atom is 0.490 e. The fraction of sp³-hybridized carbons (Fsp3) is 0.500. The minimum absolute atomic E-state index is 0.0247. The average molecular weight is 526 g/mol. The zero-order valence-electron chi connectivity index (χ0n) is 18.0. The van der Waals surface area contributed by atoms with Crippen LogP contribution in [0.25, 0.3) is 0 Å². The number of hydrogen-bond acceptors (Lipinski definition) is 6. The Morgan fingerprint density at radius 1 is 1.06 bits per heavy atom. The maximum absolute atomic E-state index is 12.4. The Bertz CT molecular complexity index is 814. The number of para-hydroxylation sites is 1. The van der Waals surface area contributed by atoms with Gasteiger partial charge in [-0.25, -0.2) is 9.59 Å². The molecule has 0 aromatic heterocycles. The first-order chi connectivity index (χ1) is 16.0. The lowest BCUT2D eigenvalue weighted by Gasteiger charge is -2.32. The molecule has 1 aromatic rings. The SMILES string of the molecule is O=C(O)C(F)(F)F.O=C(O)CCSSCCNC(=O)C1CCCN(C(=O)Nc2ccccc2)C1. The summed E-state index contributed by atoms with van der Waals surface area (Å²) in [5.41, 5.74) is 0.742. The number of urea groups is 1. The van der Waals surface area contributed by atoms with E-state index in [9.17, 15) is 27.6 Å². The van der Waals surface area contributed by atoms with Crippen molar-refractivity contribution in [1.82, 2.24) is 10.2 Å². The third-order valence-electron chi connectivity index (χ3n) is 4.31. The Balaban J connectivity index is 0.000000718. The van der Waals surface area contributed by atoms with Gasteiger partial charge in [-0.3, -0.25) is 9.59 Å². The molecular weight excluding hydrogens is 499 g/mol. The molecule has 1 heterocycles. The van der Waals surface area contributed by atoms with Gasteiger partial charge in [0.25, 0.3) is 0 Å². The number of carbonyl (C=O) groups excluding carboxylic acids is 2. The van der Waals surface area contributed by atoms with Gasteiger partial charge < -0.3 is 25.7 Å². The number of carboxylic acid groups (broad SMARTS) is 2. The van der Waals surface area contributed by atoms with E-state index in [-0.39, 0.29) is 24.3 Å². The molecule has 1 aromatic carbocycles. The molecule has 9 nitrogen and oxygen atoms in total. The van der Waals surface area contributed by atoms with Crippen LogP contribution in [0, 0.1) is 5.92 Å². The molecule has 1 saturated heterocycles. The van der Waals surface area contributed by atoms with Crippen molar-refractivity contribution in [2.45, 2.75) is 25.4 Å². The number of amides is 3. The molecule has 14 heteroatoms. The van der Waals surface area contributed by atoms with Gasteiger partial charge in [0.05, 0.1) is 12.3 Å². The van der Waals surface area contributed by atoms with Gasteiger partial charge in [-0.05, 0) is 25.0 Å². The molecule has 0 radical (unpaired) electrons. The number of anilines is 1. The van der Waals surface area contributed by atoms with Crippen LogP contribution in [0.5, 0.6) is 0 Å². The summed E-state index contributed by atoms with van der Waals surface area (Å²) in [5.74, 6) is -2.49. The van der Waals surface area contributed by atoms with Crippen LogP contribution in [0.2, 0.25) is 0 Å². The Morgan fingerprint density at radius 3 is 2.26 bits per heavy atom. The van der Waals surface area contributed by atoms with Crippen molar-refractivity contribution in [3.05, 3.63) is 30.3 Å². The molecule has 1 fully saturated rings. The molecule has 0 saturated carbocycles. The van der Waals surface area contributed by atoms with Crippen LogP contribution in [-0.4, -0.2) is 76.3 Å². The normalized spacial score (nSPS) is 15.5. The number of rotatable bonds is 9. The highest BCUT2D eigenvalue weighted by atomic mass is 33.1. The van der Waals surface area contributed by atoms with Crippen molar-refractivity contribution in [2.75, 3.05) is 36.5 Å². The first kappa shape index (κ1) is 29.4. The van der Waals surface area contributed by atoms with Gasteiger partial charge in [0.2, 0.25) is 5.91 Å². The second kappa shape index (κ2) is 15.3. The van der Waals surface area contributed by atoms with Gasteiger partial charge in [-0.15, -0.1) is 0 Å². The van der Waals surface area contributed by atoms with E-state index in [0.717, 1.165) is 24.3 Å². The lowest BCUT2D eigenvalue weighted by atomic mass is 9.97. The number of aliphatic carboxylic acids is 2. The van der Waals surface area contributed by atoms with E-state index in [2.05, 4.69) is 10.6 Å². The summed E-state index contributed by atoms with van der Waals surface area (Å²) < 4.78 is 31.7. The second-order valence-electron chi connectivity index (χ2n) is 6.96. The number of nitrogens with one attached hydrogen (secondary N) is 2. The Labute approximate surface area is 202 Å². The summed E-state index contributed by atoms with van der Waals surface area (Å²) in [6, 6.07) is 9.10. The van der Waals surface area contributed by atoms with Crippen molar-refractivity contribution >= 4 is 51.2 Å². The summed E-state index contributed by atoms with van der Waals surface area (Å²) in [4.78, 5) is 45.7. The Morgan fingerprint density at radius 2 is 1.68 bits per heavy atom. The minimum atomic E-state index is -5.08. The summed E-state index contributed by atoms with van der Waals surface area (Å²) >= 11 is 0. The highest BCUT2D eigenvalue weighted by Crippen LogP contribution is 2.21. The molecule has 190 valence electrons. The molecular formula is C20H26F3N3O6S2. The number of benzene rings is 1. The van der Waals surface area contributed by atoms with Crippen LogP contribution in [0.15, 0.2) is 30.3 Å². The first-order valence-corrected chi connectivity index (χ1v) is 12.6. The maximum atomic E-state index is 12.4. The molecule has 4 N–H and O–H groups in total. The van der Waals surface area contributed by atoms with Crippen LogP contribution in [0.3, 0.4) is 0 Å². The highest BCUT2D eigenvalue weighted by molar-refractivity contribution is 8.76. The zero-order chi connectivity index (χ0) is 25.6. The van der Waals surface area contributed by atoms with Gasteiger partial charge in [-0.1, -0.05) is 39.8 Å². The molecule has 0 bridgehead atoms. The predicted molar refractivity (Wildman–Crippen MR) is 124 cm³/mol. The molecule has 1 unspecified atom stereocenters. The number of hydrogen-bond donors (Lipinski definition) is 4. The van der Waals surface area contributed by atoms with Crippen LogP contribution >= 0.6 is 21.6 Å². The number of alkyl halides is 3. The van der Waals surface area contributed by atoms with E-state index >= 15 is 0 Å². The number of halogens is 3. The Kier molecular flexibility index (Phi) is 13.3. The molecule has 1 atom stereocenters. The van der Waals surface area contributed by atoms with E-state index in [4.69, 9.17) is 15.0 Å². The van der Waals surface area contributed by atoms with Crippen molar-refractivity contribution in [3.63, 3.8) is 0 Å². The smallest absolute Gasteiger partial charge is 0.481 e. The summed E-state index contributed by atoms with van der Waals surface area (Å²) in [6.07, 6.45) is -3.35. The second-order valence-corrected chi connectivity index (χ2v) is 9.67. The van der Waals surface area contributed by atoms with Gasteiger partial charge in [-0.2, -0.15) is 13.2 Å². The summed E-state index contributed by atoms with van der Waals surface area (Å²) in [5, 5.41) is 21.5. The van der Waals surface area contributed by atoms with Crippen molar-refractivity contribution < 1.29 is 42.6 Å². The van der Waals surface area contributed by atoms with Crippen LogP contribution in [0.1, 0.15) is 19.3 Å². The van der Waals surface area contributed by atoms with Crippen LogP contribution in [-0.2, 0) is 14.4 Å². The fourth-order valence-corrected chi connectivity index (χ4v) is 4.59. The van der Waals surface area contributed by atoms with Crippen molar-refractivity contribution in [3.8, 4) is 0 Å². The zero-order valence-corrected chi connectivity index (χ0v) is 19.7. The monoisotopic (exact) mass is 525 g/mol. The van der Waals surface area contributed by atoms with Gasteiger partial charge in [0, 0.05) is 36.8 Å². The third kappa shape index (κ3) is 12.6.